The Bertz CT molecular complexity index is 819. The molecule has 30 heavy (non-hydrogen) atoms. The number of rotatable bonds is 9. The summed E-state index contributed by atoms with van der Waals surface area (Å²) in [6, 6.07) is 3.05. The summed E-state index contributed by atoms with van der Waals surface area (Å²) >= 11 is 0. The van der Waals surface area contributed by atoms with Gasteiger partial charge >= 0.3 is 0 Å². The van der Waals surface area contributed by atoms with Crippen LogP contribution in [0.2, 0.25) is 0 Å². The summed E-state index contributed by atoms with van der Waals surface area (Å²) in [5.41, 5.74) is 4.19. The highest BCUT2D eigenvalue weighted by atomic mass is 31.2. The van der Waals surface area contributed by atoms with Crippen LogP contribution in [0.3, 0.4) is 0 Å². The maximum absolute atomic E-state index is 12.5. The highest BCUT2D eigenvalue weighted by molar-refractivity contribution is 7.52. The lowest BCUT2D eigenvalue weighted by Crippen LogP contribution is -2.46. The van der Waals surface area contributed by atoms with E-state index in [0.717, 1.165) is 0 Å². The molecule has 2 heterocycles. The van der Waals surface area contributed by atoms with E-state index in [0.29, 0.717) is 0 Å². The highest BCUT2D eigenvalue weighted by Crippen LogP contribution is 2.55. The number of hydrogen-bond acceptors (Lipinski definition) is 8. The van der Waals surface area contributed by atoms with E-state index in [9.17, 15) is 29.6 Å². The largest absolute Gasteiger partial charge is 0.776 e. The molecule has 1 amide bonds. The predicted octanol–water partition coefficient (Wildman–Crippen LogP) is -0.0605. The second-order valence-electron chi connectivity index (χ2n) is 8.12. The second-order valence-corrected chi connectivity index (χ2v) is 10.3. The highest BCUT2D eigenvalue weighted by Gasteiger charge is 2.51. The molecule has 2 rings (SSSR count). The molecule has 7 atom stereocenters. The minimum absolute atomic E-state index is 0.0518. The fourth-order valence-electron chi connectivity index (χ4n) is 3.19. The number of primary amides is 1. The summed E-state index contributed by atoms with van der Waals surface area (Å²) in [7, 11) is -4.67. The Balaban J connectivity index is 2.22. The van der Waals surface area contributed by atoms with E-state index in [2.05, 4.69) is 0 Å². The van der Waals surface area contributed by atoms with E-state index < -0.39 is 49.0 Å². The third-order valence-corrected chi connectivity index (χ3v) is 7.90. The molecule has 0 spiro atoms. The number of nitrogens with two attached hydrogens (primary N) is 1. The maximum atomic E-state index is 12.5. The van der Waals surface area contributed by atoms with Crippen LogP contribution in [0.5, 0.6) is 0 Å². The molecule has 0 radical (unpaired) electrons. The van der Waals surface area contributed by atoms with Gasteiger partial charge in [0.15, 0.2) is 26.1 Å². The number of carbonyl (C=O) groups excluding carboxylic acids is 1. The summed E-state index contributed by atoms with van der Waals surface area (Å²) in [4.78, 5) is 23.9. The fourth-order valence-corrected chi connectivity index (χ4v) is 4.56. The number of aliphatic hydroxyl groups is 3. The molecule has 10 nitrogen and oxygen atoms in total. The van der Waals surface area contributed by atoms with Crippen LogP contribution in [0.25, 0.3) is 0 Å². The summed E-state index contributed by atoms with van der Waals surface area (Å²) in [6.07, 6.45) is -1.54. The minimum Gasteiger partial charge on any atom is -0.776 e. The first-order valence-corrected chi connectivity index (χ1v) is 11.4. The van der Waals surface area contributed by atoms with Crippen LogP contribution in [-0.2, 0) is 13.8 Å². The van der Waals surface area contributed by atoms with Crippen molar-refractivity contribution in [3.05, 3.63) is 30.1 Å². The zero-order valence-electron chi connectivity index (χ0n) is 17.6. The van der Waals surface area contributed by atoms with Crippen molar-refractivity contribution in [1.82, 2.24) is 0 Å². The van der Waals surface area contributed by atoms with Gasteiger partial charge in [0, 0.05) is 12.5 Å². The van der Waals surface area contributed by atoms with Gasteiger partial charge in [-0.15, -0.1) is 0 Å². The molecule has 1 aliphatic rings. The monoisotopic (exact) mass is 446 g/mol. The standard InChI is InChI=1S/C19H31N2O8P/c1-5-18(3,29-30(26,27)19(4,25)6-2)10-13-14(22)15(23)17(28-13)21-9-7-8-12(11-21)16(20)24/h7-9,11,13-15,17,22-23,25H,5-6,10H2,1-4H3,(H2-,20,24,26,27)/t13-,14-,15-,17-,18?,19?/m1/s1. The van der Waals surface area contributed by atoms with Gasteiger partial charge in [-0.05, 0) is 32.8 Å². The van der Waals surface area contributed by atoms with Gasteiger partial charge in [-0.1, -0.05) is 13.8 Å². The molecule has 1 fully saturated rings. The van der Waals surface area contributed by atoms with Gasteiger partial charge < -0.3 is 39.8 Å². The van der Waals surface area contributed by atoms with Crippen molar-refractivity contribution < 1.29 is 43.4 Å². The van der Waals surface area contributed by atoms with Crippen molar-refractivity contribution in [2.45, 2.75) is 82.4 Å². The third-order valence-electron chi connectivity index (χ3n) is 5.72. The molecular weight excluding hydrogens is 415 g/mol. The third kappa shape index (κ3) is 5.08. The quantitative estimate of drug-likeness (QED) is 0.302. The van der Waals surface area contributed by atoms with Crippen LogP contribution in [0.1, 0.15) is 63.5 Å². The molecule has 0 aliphatic carbocycles. The smallest absolute Gasteiger partial charge is 0.291 e. The van der Waals surface area contributed by atoms with Gasteiger partial charge in [0.1, 0.15) is 17.0 Å². The van der Waals surface area contributed by atoms with Crippen LogP contribution in [0, 0.1) is 0 Å². The molecule has 0 saturated carbocycles. The first kappa shape index (κ1) is 24.9. The summed E-state index contributed by atoms with van der Waals surface area (Å²) in [5, 5.41) is 29.1. The lowest BCUT2D eigenvalue weighted by molar-refractivity contribution is -0.765. The van der Waals surface area contributed by atoms with Crippen LogP contribution in [-0.4, -0.2) is 50.5 Å². The van der Waals surface area contributed by atoms with Gasteiger partial charge in [-0.25, -0.2) is 0 Å². The Labute approximate surface area is 175 Å². The van der Waals surface area contributed by atoms with Crippen molar-refractivity contribution in [1.29, 1.82) is 0 Å². The number of carbonyl (C=O) groups is 1. The van der Waals surface area contributed by atoms with Crippen molar-refractivity contribution in [2.24, 2.45) is 5.73 Å². The van der Waals surface area contributed by atoms with Gasteiger partial charge in [-0.2, -0.15) is 4.57 Å². The zero-order chi connectivity index (χ0) is 22.9. The lowest BCUT2D eigenvalue weighted by Gasteiger charge is -2.43. The average Bonchev–Trinajstić information content (AvgIpc) is 2.95. The Morgan fingerprint density at radius 3 is 2.50 bits per heavy atom. The summed E-state index contributed by atoms with van der Waals surface area (Å²) in [6.45, 7) is 5.94. The SMILES string of the molecule is CCC(C)(C[C@H]1O[C@@H]([n+]2cccc(C(N)=O)c2)[C@H](O)[C@@H]1O)OP(=O)([O-])C(C)(O)CC. The molecule has 0 bridgehead atoms. The number of nitrogens with zero attached hydrogens (tertiary/aromatic N) is 1. The van der Waals surface area contributed by atoms with Crippen LogP contribution in [0.4, 0.5) is 0 Å². The number of ether oxygens (including phenoxy) is 1. The van der Waals surface area contributed by atoms with Gasteiger partial charge in [0.25, 0.3) is 12.1 Å². The van der Waals surface area contributed by atoms with Crippen molar-refractivity contribution in [3.8, 4) is 0 Å². The van der Waals surface area contributed by atoms with E-state index in [1.54, 1.807) is 26.1 Å². The Morgan fingerprint density at radius 2 is 1.97 bits per heavy atom. The molecular formula is C19H31N2O8P. The van der Waals surface area contributed by atoms with Crippen LogP contribution in [0.15, 0.2) is 24.5 Å². The molecule has 1 aromatic rings. The van der Waals surface area contributed by atoms with E-state index in [1.807, 2.05) is 0 Å². The molecule has 170 valence electrons. The van der Waals surface area contributed by atoms with Gasteiger partial charge in [0.2, 0.25) is 0 Å². The Morgan fingerprint density at radius 1 is 1.33 bits per heavy atom. The molecule has 11 heteroatoms. The van der Waals surface area contributed by atoms with Crippen molar-refractivity contribution in [3.63, 3.8) is 0 Å². The maximum Gasteiger partial charge on any atom is 0.291 e. The molecule has 1 aliphatic heterocycles. The number of hydrogen-bond donors (Lipinski definition) is 4. The first-order chi connectivity index (χ1) is 13.8. The van der Waals surface area contributed by atoms with Crippen molar-refractivity contribution in [2.75, 3.05) is 0 Å². The minimum atomic E-state index is -4.67. The molecule has 0 aromatic carbocycles. The lowest BCUT2D eigenvalue weighted by atomic mass is 9.93. The van der Waals surface area contributed by atoms with E-state index >= 15 is 0 Å². The Kier molecular flexibility index (Phi) is 7.46. The number of aromatic nitrogens is 1. The Hall–Kier alpha value is -1.39. The predicted molar refractivity (Wildman–Crippen MR) is 104 cm³/mol. The van der Waals surface area contributed by atoms with Crippen LogP contribution < -0.4 is 15.2 Å². The molecule has 5 N–H and O–H groups in total. The average molecular weight is 446 g/mol. The van der Waals surface area contributed by atoms with Gasteiger partial charge in [-0.3, -0.25) is 4.79 Å². The van der Waals surface area contributed by atoms with E-state index in [1.165, 1.54) is 30.7 Å². The normalized spacial score (nSPS) is 30.3. The van der Waals surface area contributed by atoms with Gasteiger partial charge in [0.05, 0.1) is 11.7 Å². The number of aliphatic hydroxyl groups excluding tert-OH is 2. The zero-order valence-corrected chi connectivity index (χ0v) is 18.5. The summed E-state index contributed by atoms with van der Waals surface area (Å²) in [5.74, 6) is -0.657. The second kappa shape index (κ2) is 9.00. The molecule has 1 saturated heterocycles. The molecule has 3 unspecified atom stereocenters. The first-order valence-electron chi connectivity index (χ1n) is 9.83. The molecule has 1 aromatic heterocycles. The number of amides is 1. The summed E-state index contributed by atoms with van der Waals surface area (Å²) < 4.78 is 25.1. The topological polar surface area (TPSA) is 166 Å². The number of pyridine rings is 1. The van der Waals surface area contributed by atoms with Crippen molar-refractivity contribution >= 4 is 13.5 Å². The fraction of sp³-hybridized carbons (Fsp3) is 0.684. The van der Waals surface area contributed by atoms with E-state index in [-0.39, 0.29) is 24.8 Å². The van der Waals surface area contributed by atoms with Crippen LogP contribution >= 0.6 is 7.60 Å². The van der Waals surface area contributed by atoms with E-state index in [4.69, 9.17) is 15.0 Å².